The van der Waals surface area contributed by atoms with Crippen molar-refractivity contribution >= 4 is 24.0 Å². The van der Waals surface area contributed by atoms with E-state index in [1.807, 2.05) is 0 Å². The van der Waals surface area contributed by atoms with Crippen LogP contribution >= 0.6 is 7.92 Å². The zero-order valence-electron chi connectivity index (χ0n) is 15.5. The van der Waals surface area contributed by atoms with Crippen LogP contribution in [0.15, 0.2) is 54.1 Å². The number of hydrogen-bond acceptors (Lipinski definition) is 0. The first-order valence-electron chi connectivity index (χ1n) is 8.22. The van der Waals surface area contributed by atoms with Gasteiger partial charge in [-0.2, -0.15) is 12.1 Å². The van der Waals surface area contributed by atoms with E-state index >= 15 is 0 Å². The van der Waals surface area contributed by atoms with Crippen LogP contribution in [0.1, 0.15) is 33.1 Å². The zero-order valence-corrected chi connectivity index (χ0v) is 20.4. The molecule has 0 bridgehead atoms. The molecule has 0 aliphatic heterocycles. The number of fused-ring (bicyclic) bond motifs is 1. The predicted octanol–water partition coefficient (Wildman–Crippen LogP) is 0.0431. The minimum absolute atomic E-state index is 0. The Balaban J connectivity index is 0. The van der Waals surface area contributed by atoms with Crippen molar-refractivity contribution in [3.8, 4) is 0 Å². The van der Waals surface area contributed by atoms with Crippen LogP contribution in [0.3, 0.4) is 0 Å². The van der Waals surface area contributed by atoms with Gasteiger partial charge in [-0.3, -0.25) is 6.08 Å². The molecule has 0 amide bonds. The molecule has 0 saturated carbocycles. The number of benzene rings is 1. The third-order valence-electron chi connectivity index (χ3n) is 4.09. The minimum Gasteiger partial charge on any atom is -1.00 e. The SMILES string of the molecule is CCCC(C)C1=[C-]CC=C1.CP(C)c1cc2ccccc2[cH-]1.[Cl-].[Cl-].[Zr+4]. The molecule has 1 aliphatic rings. The first-order chi connectivity index (χ1) is 10.6. The summed E-state index contributed by atoms with van der Waals surface area (Å²) in [6.45, 7) is 9.10. The summed E-state index contributed by atoms with van der Waals surface area (Å²) in [4.78, 5) is 0. The van der Waals surface area contributed by atoms with Crippen molar-refractivity contribution < 1.29 is 51.0 Å². The molecule has 0 saturated heterocycles. The Morgan fingerprint density at radius 1 is 1.20 bits per heavy atom. The first kappa shape index (κ1) is 27.4. The summed E-state index contributed by atoms with van der Waals surface area (Å²) in [6.07, 6.45) is 11.3. The van der Waals surface area contributed by atoms with Gasteiger partial charge in [0.05, 0.1) is 0 Å². The van der Waals surface area contributed by atoms with Gasteiger partial charge in [-0.1, -0.05) is 32.3 Å². The van der Waals surface area contributed by atoms with Crippen molar-refractivity contribution in [3.05, 3.63) is 60.2 Å². The molecule has 3 rings (SSSR count). The third-order valence-corrected chi connectivity index (χ3v) is 5.38. The molecule has 0 N–H and O–H groups in total. The fourth-order valence-electron chi connectivity index (χ4n) is 2.74. The van der Waals surface area contributed by atoms with Crippen molar-refractivity contribution in [2.45, 2.75) is 33.1 Å². The van der Waals surface area contributed by atoms with Gasteiger partial charge >= 0.3 is 26.2 Å². The van der Waals surface area contributed by atoms with Crippen LogP contribution in [-0.2, 0) is 26.2 Å². The van der Waals surface area contributed by atoms with E-state index in [9.17, 15) is 0 Å². The largest absolute Gasteiger partial charge is 4.00 e. The van der Waals surface area contributed by atoms with Crippen LogP contribution in [0.4, 0.5) is 0 Å². The molecule has 2 aromatic carbocycles. The maximum absolute atomic E-state index is 3.35. The molecular formula is C21H27Cl2PZr. The van der Waals surface area contributed by atoms with Crippen LogP contribution in [0.2, 0.25) is 0 Å². The molecule has 0 spiro atoms. The molecule has 1 unspecified atom stereocenters. The molecule has 0 heterocycles. The van der Waals surface area contributed by atoms with Crippen molar-refractivity contribution in [2.24, 2.45) is 5.92 Å². The maximum atomic E-state index is 3.35. The van der Waals surface area contributed by atoms with E-state index in [2.05, 4.69) is 81.8 Å². The molecule has 134 valence electrons. The normalized spacial score (nSPS) is 13.1. The molecule has 0 radical (unpaired) electrons. The van der Waals surface area contributed by atoms with Crippen LogP contribution < -0.4 is 30.1 Å². The van der Waals surface area contributed by atoms with Crippen molar-refractivity contribution in [3.63, 3.8) is 0 Å². The summed E-state index contributed by atoms with van der Waals surface area (Å²) in [6, 6.07) is 13.2. The summed E-state index contributed by atoms with van der Waals surface area (Å²) in [5.41, 5.74) is 1.42. The molecule has 4 heteroatoms. The molecule has 25 heavy (non-hydrogen) atoms. The van der Waals surface area contributed by atoms with Gasteiger partial charge in [-0.05, 0) is 19.8 Å². The van der Waals surface area contributed by atoms with E-state index in [4.69, 9.17) is 0 Å². The Bertz CT molecular complexity index is 626. The fourth-order valence-corrected chi connectivity index (χ4v) is 3.54. The summed E-state index contributed by atoms with van der Waals surface area (Å²) in [5, 5.41) is 4.26. The Morgan fingerprint density at radius 2 is 1.88 bits per heavy atom. The molecule has 0 fully saturated rings. The summed E-state index contributed by atoms with van der Waals surface area (Å²) in [5.74, 6) is 0.726. The van der Waals surface area contributed by atoms with Gasteiger partial charge in [-0.25, -0.2) is 11.6 Å². The molecule has 2 aromatic rings. The van der Waals surface area contributed by atoms with Crippen molar-refractivity contribution in [1.82, 2.24) is 0 Å². The molecule has 0 aromatic heterocycles. The van der Waals surface area contributed by atoms with Crippen LogP contribution in [0, 0.1) is 12.0 Å². The topological polar surface area (TPSA) is 0 Å². The number of allylic oxidation sites excluding steroid dienone is 4. The number of hydrogen-bond donors (Lipinski definition) is 0. The summed E-state index contributed by atoms with van der Waals surface area (Å²) < 4.78 is 0. The second-order valence-electron chi connectivity index (χ2n) is 6.17. The molecule has 0 nitrogen and oxygen atoms in total. The van der Waals surface area contributed by atoms with Gasteiger partial charge in [0, 0.05) is 0 Å². The van der Waals surface area contributed by atoms with Gasteiger partial charge in [0.2, 0.25) is 0 Å². The van der Waals surface area contributed by atoms with Crippen LogP contribution in [-0.4, -0.2) is 13.3 Å². The molecule has 1 atom stereocenters. The smallest absolute Gasteiger partial charge is 1.00 e. The van der Waals surface area contributed by atoms with E-state index in [1.165, 1.54) is 34.5 Å². The maximum Gasteiger partial charge on any atom is 4.00 e. The van der Waals surface area contributed by atoms with Gasteiger partial charge in [-0.15, -0.1) is 54.7 Å². The second-order valence-corrected chi connectivity index (χ2v) is 8.47. The van der Waals surface area contributed by atoms with Gasteiger partial charge in [0.25, 0.3) is 0 Å². The zero-order chi connectivity index (χ0) is 15.9. The monoisotopic (exact) mass is 470 g/mol. The van der Waals surface area contributed by atoms with Crippen LogP contribution in [0.5, 0.6) is 0 Å². The third kappa shape index (κ3) is 8.62. The van der Waals surface area contributed by atoms with Crippen LogP contribution in [0.25, 0.3) is 10.8 Å². The Labute approximate surface area is 186 Å². The first-order valence-corrected chi connectivity index (χ1v) is 10.5. The Hall–Kier alpha value is 0.203. The fraction of sp³-hybridized carbons (Fsp3) is 0.381. The molecule has 1 aliphatic carbocycles. The quantitative estimate of drug-likeness (QED) is 0.436. The van der Waals surface area contributed by atoms with E-state index in [1.54, 1.807) is 0 Å². The Morgan fingerprint density at radius 3 is 2.40 bits per heavy atom. The van der Waals surface area contributed by atoms with E-state index in [-0.39, 0.29) is 58.9 Å². The van der Waals surface area contributed by atoms with Crippen molar-refractivity contribution in [2.75, 3.05) is 13.3 Å². The van der Waals surface area contributed by atoms with E-state index in [0.717, 1.165) is 12.3 Å². The summed E-state index contributed by atoms with van der Waals surface area (Å²) in [7, 11) is 0.0576. The average molecular weight is 473 g/mol. The molecular weight excluding hydrogens is 445 g/mol. The number of rotatable bonds is 4. The standard InChI is InChI=1S/C11H12P.C10H15.2ClH.Zr/c1-12(2)11-7-9-5-3-4-6-10(9)8-11;1-3-6-9(2)10-7-4-5-8-10;;;/h3-8H,1-2H3;4,7,9H,3,5-6H2,1-2H3;2*1H;/q2*-1;;;+4/p-2. The van der Waals surface area contributed by atoms with Crippen molar-refractivity contribution in [1.29, 1.82) is 0 Å². The summed E-state index contributed by atoms with van der Waals surface area (Å²) >= 11 is 0. The van der Waals surface area contributed by atoms with Gasteiger partial charge in [0.15, 0.2) is 0 Å². The Kier molecular flexibility index (Phi) is 15.7. The number of halogens is 2. The second kappa shape index (κ2) is 14.3. The average Bonchev–Trinajstić information content (AvgIpc) is 3.17. The minimum atomic E-state index is 0. The van der Waals surface area contributed by atoms with Gasteiger partial charge < -0.3 is 24.8 Å². The van der Waals surface area contributed by atoms with Gasteiger partial charge in [0.1, 0.15) is 0 Å². The van der Waals surface area contributed by atoms with E-state index < -0.39 is 0 Å². The predicted molar refractivity (Wildman–Crippen MR) is 103 cm³/mol. The van der Waals surface area contributed by atoms with E-state index in [0.29, 0.717) is 0 Å².